The van der Waals surface area contributed by atoms with Crippen LogP contribution in [0.1, 0.15) is 53.5 Å². The Bertz CT molecular complexity index is 738. The second-order valence-corrected chi connectivity index (χ2v) is 8.15. The van der Waals surface area contributed by atoms with Gasteiger partial charge in [0.2, 0.25) is 0 Å². The summed E-state index contributed by atoms with van der Waals surface area (Å²) in [5.41, 5.74) is 2.43. The van der Waals surface area contributed by atoms with E-state index < -0.39 is 0 Å². The minimum Gasteiger partial charge on any atom is -0.341 e. The van der Waals surface area contributed by atoms with E-state index in [1.165, 1.54) is 12.0 Å². The lowest BCUT2D eigenvalue weighted by Gasteiger charge is -2.42. The van der Waals surface area contributed by atoms with Crippen molar-refractivity contribution in [3.8, 4) is 0 Å². The van der Waals surface area contributed by atoms with Crippen LogP contribution in [0.4, 0.5) is 0 Å². The molecule has 0 saturated carbocycles. The maximum absolute atomic E-state index is 13.0. The van der Waals surface area contributed by atoms with E-state index in [2.05, 4.69) is 36.1 Å². The largest absolute Gasteiger partial charge is 0.341 e. The molecule has 5 nitrogen and oxygen atoms in total. The van der Waals surface area contributed by atoms with Crippen LogP contribution in [0.3, 0.4) is 0 Å². The van der Waals surface area contributed by atoms with Gasteiger partial charge in [-0.1, -0.05) is 13.8 Å². The Balaban J connectivity index is 1.78. The van der Waals surface area contributed by atoms with Gasteiger partial charge in [0.25, 0.3) is 5.91 Å². The summed E-state index contributed by atoms with van der Waals surface area (Å²) in [6.45, 7) is 7.26. The first kappa shape index (κ1) is 19.1. The first-order valence-corrected chi connectivity index (χ1v) is 10.5. The molecule has 2 aromatic heterocycles. The van der Waals surface area contributed by atoms with Crippen molar-refractivity contribution in [2.45, 2.75) is 39.2 Å². The van der Waals surface area contributed by atoms with E-state index in [0.717, 1.165) is 42.9 Å². The lowest BCUT2D eigenvalue weighted by Crippen LogP contribution is -2.43. The molecule has 1 amide bonds. The summed E-state index contributed by atoms with van der Waals surface area (Å²) in [4.78, 5) is 18.3. The molecule has 0 unspecified atom stereocenters. The second kappa shape index (κ2) is 8.35. The van der Waals surface area contributed by atoms with Crippen LogP contribution >= 0.6 is 11.3 Å². The number of hydrogen-bond donors (Lipinski definition) is 0. The zero-order valence-corrected chi connectivity index (χ0v) is 17.1. The van der Waals surface area contributed by atoms with Gasteiger partial charge in [-0.2, -0.15) is 5.10 Å². The van der Waals surface area contributed by atoms with Gasteiger partial charge in [-0.25, -0.2) is 0 Å². The van der Waals surface area contributed by atoms with Gasteiger partial charge in [0.05, 0.1) is 11.1 Å². The van der Waals surface area contributed by atoms with E-state index >= 15 is 0 Å². The number of likely N-dealkylation sites (tertiary alicyclic amines) is 1. The summed E-state index contributed by atoms with van der Waals surface area (Å²) in [5.74, 6) is 0.599. The molecule has 142 valence electrons. The molecular weight excluding hydrogens is 344 g/mol. The number of carbonyl (C=O) groups is 1. The van der Waals surface area contributed by atoms with Crippen LogP contribution < -0.4 is 0 Å². The third-order valence-electron chi connectivity index (χ3n) is 5.51. The standard InChI is InChI=1S/C20H30N4OS/c1-5-15-9-11-26-19(15)20(25)22(3)13-16-8-7-10-24(6-2)18(16)17-12-21-23(4)14-17/h9,11-12,14,16,18H,5-8,10,13H2,1-4H3/t16-,18+/m0/s1. The Kier molecular flexibility index (Phi) is 6.14. The van der Waals surface area contributed by atoms with E-state index in [4.69, 9.17) is 0 Å². The molecule has 0 aliphatic carbocycles. The van der Waals surface area contributed by atoms with Crippen molar-refractivity contribution >= 4 is 17.2 Å². The number of nitrogens with zero attached hydrogens (tertiary/aromatic N) is 4. The second-order valence-electron chi connectivity index (χ2n) is 7.24. The van der Waals surface area contributed by atoms with Crippen LogP contribution in [-0.2, 0) is 13.5 Å². The molecule has 2 atom stereocenters. The molecule has 3 rings (SSSR count). The van der Waals surface area contributed by atoms with Crippen LogP contribution in [0.2, 0.25) is 0 Å². The number of thiophene rings is 1. The van der Waals surface area contributed by atoms with Crippen LogP contribution in [0.25, 0.3) is 0 Å². The Morgan fingerprint density at radius 3 is 2.88 bits per heavy atom. The minimum absolute atomic E-state index is 0.162. The molecule has 1 aliphatic heterocycles. The number of piperidine rings is 1. The highest BCUT2D eigenvalue weighted by Crippen LogP contribution is 2.36. The molecule has 0 N–H and O–H groups in total. The zero-order chi connectivity index (χ0) is 18.7. The smallest absolute Gasteiger partial charge is 0.263 e. The third-order valence-corrected chi connectivity index (χ3v) is 6.45. The zero-order valence-electron chi connectivity index (χ0n) is 16.3. The van der Waals surface area contributed by atoms with Crippen LogP contribution in [0, 0.1) is 5.92 Å². The van der Waals surface area contributed by atoms with E-state index in [-0.39, 0.29) is 5.91 Å². The van der Waals surface area contributed by atoms with Crippen molar-refractivity contribution in [2.75, 3.05) is 26.7 Å². The Morgan fingerprint density at radius 2 is 2.23 bits per heavy atom. The number of aromatic nitrogens is 2. The summed E-state index contributed by atoms with van der Waals surface area (Å²) >= 11 is 1.56. The highest BCUT2D eigenvalue weighted by molar-refractivity contribution is 7.12. The van der Waals surface area contributed by atoms with Gasteiger partial charge >= 0.3 is 0 Å². The summed E-state index contributed by atoms with van der Waals surface area (Å²) in [5, 5.41) is 6.41. The van der Waals surface area contributed by atoms with Crippen LogP contribution in [-0.4, -0.2) is 52.2 Å². The van der Waals surface area contributed by atoms with Gasteiger partial charge in [-0.3, -0.25) is 14.4 Å². The quantitative estimate of drug-likeness (QED) is 0.776. The van der Waals surface area contributed by atoms with Gasteiger partial charge in [0.15, 0.2) is 0 Å². The predicted octanol–water partition coefficient (Wildman–Crippen LogP) is 3.59. The lowest BCUT2D eigenvalue weighted by atomic mass is 9.85. The number of carbonyl (C=O) groups excluding carboxylic acids is 1. The van der Waals surface area contributed by atoms with Gasteiger partial charge in [-0.05, 0) is 55.3 Å². The molecule has 2 aromatic rings. The van der Waals surface area contributed by atoms with Gasteiger partial charge in [0.1, 0.15) is 0 Å². The number of amides is 1. The molecule has 0 spiro atoms. The highest BCUT2D eigenvalue weighted by Gasteiger charge is 2.34. The van der Waals surface area contributed by atoms with Crippen molar-refractivity contribution in [3.63, 3.8) is 0 Å². The molecule has 26 heavy (non-hydrogen) atoms. The fourth-order valence-corrected chi connectivity index (χ4v) is 5.17. The Hall–Kier alpha value is -1.66. The SMILES string of the molecule is CCc1ccsc1C(=O)N(C)C[C@@H]1CCCN(CC)[C@H]1c1cnn(C)c1. The summed E-state index contributed by atoms with van der Waals surface area (Å²) in [6, 6.07) is 2.41. The van der Waals surface area contributed by atoms with E-state index in [0.29, 0.717) is 12.0 Å². The number of aryl methyl sites for hydroxylation is 2. The average molecular weight is 375 g/mol. The fraction of sp³-hybridized carbons (Fsp3) is 0.600. The molecule has 1 saturated heterocycles. The topological polar surface area (TPSA) is 41.4 Å². The average Bonchev–Trinajstić information content (AvgIpc) is 3.29. The molecule has 3 heterocycles. The van der Waals surface area contributed by atoms with Crippen molar-refractivity contribution < 1.29 is 4.79 Å². The van der Waals surface area contributed by atoms with Crippen LogP contribution in [0.5, 0.6) is 0 Å². The molecule has 0 bridgehead atoms. The van der Waals surface area contributed by atoms with Gasteiger partial charge in [0, 0.05) is 38.4 Å². The van der Waals surface area contributed by atoms with Crippen molar-refractivity contribution in [3.05, 3.63) is 39.8 Å². The molecule has 0 aromatic carbocycles. The molecule has 0 radical (unpaired) electrons. The monoisotopic (exact) mass is 374 g/mol. The minimum atomic E-state index is 0.162. The predicted molar refractivity (Wildman–Crippen MR) is 107 cm³/mol. The first-order chi connectivity index (χ1) is 12.5. The van der Waals surface area contributed by atoms with Crippen LogP contribution in [0.15, 0.2) is 23.8 Å². The van der Waals surface area contributed by atoms with Crippen molar-refractivity contribution in [2.24, 2.45) is 13.0 Å². The Morgan fingerprint density at radius 1 is 1.42 bits per heavy atom. The third kappa shape index (κ3) is 3.86. The summed E-state index contributed by atoms with van der Waals surface area (Å²) < 4.78 is 1.88. The first-order valence-electron chi connectivity index (χ1n) is 9.59. The van der Waals surface area contributed by atoms with Gasteiger partial charge < -0.3 is 4.90 Å². The normalized spacial score (nSPS) is 21.1. The van der Waals surface area contributed by atoms with Gasteiger partial charge in [-0.15, -0.1) is 11.3 Å². The van der Waals surface area contributed by atoms with E-state index in [9.17, 15) is 4.79 Å². The summed E-state index contributed by atoms with van der Waals surface area (Å²) in [6.07, 6.45) is 7.36. The molecule has 1 fully saturated rings. The van der Waals surface area contributed by atoms with Crippen molar-refractivity contribution in [1.82, 2.24) is 19.6 Å². The highest BCUT2D eigenvalue weighted by atomic mass is 32.1. The fourth-order valence-electron chi connectivity index (χ4n) is 4.18. The lowest BCUT2D eigenvalue weighted by molar-refractivity contribution is 0.0591. The Labute approximate surface area is 160 Å². The van der Waals surface area contributed by atoms with E-state index in [1.807, 2.05) is 35.3 Å². The summed E-state index contributed by atoms with van der Waals surface area (Å²) in [7, 11) is 3.92. The number of hydrogen-bond acceptors (Lipinski definition) is 4. The maximum Gasteiger partial charge on any atom is 0.263 e. The molecular formula is C20H30N4OS. The maximum atomic E-state index is 13.0. The number of rotatable bonds is 6. The molecule has 1 aliphatic rings. The van der Waals surface area contributed by atoms with Crippen molar-refractivity contribution in [1.29, 1.82) is 0 Å². The molecule has 6 heteroatoms. The van der Waals surface area contributed by atoms with E-state index in [1.54, 1.807) is 11.3 Å².